The maximum atomic E-state index is 12.6. The number of likely N-dealkylation sites (N-methyl/N-ethyl adjacent to an activating group) is 1. The first-order chi connectivity index (χ1) is 13.7. The smallest absolute Gasteiger partial charge is 0.251 e. The highest BCUT2D eigenvalue weighted by molar-refractivity contribution is 5.97. The molecule has 0 saturated carbocycles. The minimum atomic E-state index is -0.657. The Balaban J connectivity index is 1.66. The lowest BCUT2D eigenvalue weighted by atomic mass is 10.0. The first-order valence-corrected chi connectivity index (χ1v) is 8.86. The topological polar surface area (TPSA) is 96.0 Å². The number of benzene rings is 2. The van der Waals surface area contributed by atoms with Crippen molar-refractivity contribution in [1.82, 2.24) is 20.6 Å². The van der Waals surface area contributed by atoms with Crippen LogP contribution in [0.4, 0.5) is 11.6 Å². The zero-order chi connectivity index (χ0) is 19.8. The molecule has 0 bridgehead atoms. The van der Waals surface area contributed by atoms with Crippen LogP contribution >= 0.6 is 0 Å². The molecule has 0 fully saturated rings. The van der Waals surface area contributed by atoms with E-state index in [4.69, 9.17) is 0 Å². The first-order valence-electron chi connectivity index (χ1n) is 8.86. The summed E-state index contributed by atoms with van der Waals surface area (Å²) in [6.07, 6.45) is 3.70. The van der Waals surface area contributed by atoms with Crippen molar-refractivity contribution in [1.29, 1.82) is 0 Å². The molecule has 1 aromatic heterocycles. The molecule has 0 radical (unpaired) electrons. The molecule has 0 spiro atoms. The van der Waals surface area contributed by atoms with Crippen molar-refractivity contribution < 1.29 is 9.59 Å². The van der Waals surface area contributed by atoms with Gasteiger partial charge in [0.05, 0.1) is 0 Å². The summed E-state index contributed by atoms with van der Waals surface area (Å²) >= 11 is 0. The highest BCUT2D eigenvalue weighted by Crippen LogP contribution is 2.14. The average molecular weight is 375 g/mol. The van der Waals surface area contributed by atoms with Crippen molar-refractivity contribution in [3.05, 3.63) is 84.2 Å². The molecule has 28 heavy (non-hydrogen) atoms. The van der Waals surface area contributed by atoms with E-state index in [-0.39, 0.29) is 11.8 Å². The number of nitrogens with one attached hydrogen (secondary N) is 3. The van der Waals surface area contributed by atoms with Gasteiger partial charge in [-0.3, -0.25) is 9.59 Å². The van der Waals surface area contributed by atoms with Crippen molar-refractivity contribution in [3.63, 3.8) is 0 Å². The fourth-order valence-corrected chi connectivity index (χ4v) is 2.67. The van der Waals surface area contributed by atoms with Gasteiger partial charge in [0.25, 0.3) is 5.91 Å². The van der Waals surface area contributed by atoms with Gasteiger partial charge in [-0.1, -0.05) is 30.3 Å². The largest absolute Gasteiger partial charge is 0.357 e. The Labute approximate surface area is 163 Å². The lowest BCUT2D eigenvalue weighted by molar-refractivity contribution is -0.122. The van der Waals surface area contributed by atoms with Gasteiger partial charge in [-0.2, -0.15) is 0 Å². The molecule has 1 atom stereocenters. The maximum absolute atomic E-state index is 12.6. The van der Waals surface area contributed by atoms with Crippen molar-refractivity contribution in [2.75, 3.05) is 12.4 Å². The van der Waals surface area contributed by atoms with E-state index in [2.05, 4.69) is 25.9 Å². The van der Waals surface area contributed by atoms with E-state index in [1.807, 2.05) is 30.3 Å². The maximum Gasteiger partial charge on any atom is 0.251 e. The van der Waals surface area contributed by atoms with Crippen molar-refractivity contribution in [2.24, 2.45) is 0 Å². The summed E-state index contributed by atoms with van der Waals surface area (Å²) in [5, 5.41) is 8.46. The summed E-state index contributed by atoms with van der Waals surface area (Å²) in [7, 11) is 1.55. The zero-order valence-corrected chi connectivity index (χ0v) is 15.4. The minimum Gasteiger partial charge on any atom is -0.357 e. The van der Waals surface area contributed by atoms with Crippen LogP contribution in [0, 0.1) is 0 Å². The lowest BCUT2D eigenvalue weighted by Crippen LogP contribution is -2.47. The van der Waals surface area contributed by atoms with Gasteiger partial charge >= 0.3 is 0 Å². The van der Waals surface area contributed by atoms with Crippen LogP contribution in [0.3, 0.4) is 0 Å². The molecule has 0 aliphatic carbocycles. The Bertz CT molecular complexity index is 915. The Kier molecular flexibility index (Phi) is 6.30. The molecule has 1 unspecified atom stereocenters. The predicted octanol–water partition coefficient (Wildman–Crippen LogP) is 2.31. The summed E-state index contributed by atoms with van der Waals surface area (Å²) in [6.45, 7) is 0. The highest BCUT2D eigenvalue weighted by Gasteiger charge is 2.20. The van der Waals surface area contributed by atoms with Crippen LogP contribution in [-0.2, 0) is 11.2 Å². The average Bonchev–Trinajstić information content (AvgIpc) is 2.74. The second-order valence-electron chi connectivity index (χ2n) is 6.10. The van der Waals surface area contributed by atoms with Crippen molar-refractivity contribution in [3.8, 4) is 0 Å². The van der Waals surface area contributed by atoms with Crippen LogP contribution in [0.2, 0.25) is 0 Å². The predicted molar refractivity (Wildman–Crippen MR) is 107 cm³/mol. The number of amides is 2. The standard InChI is InChI=1S/C21H21N5O2/c1-22-20(28)18(14-15-6-3-2-4-7-15)26-19(27)16-8-10-17(11-9-16)25-21-23-12-5-13-24-21/h2-13,18H,14H2,1H3,(H,22,28)(H,26,27)(H,23,24,25). The number of rotatable bonds is 7. The molecular formula is C21H21N5O2. The van der Waals surface area contributed by atoms with E-state index in [0.717, 1.165) is 11.3 Å². The molecule has 0 aliphatic rings. The summed E-state index contributed by atoms with van der Waals surface area (Å²) in [6, 6.07) is 17.5. The minimum absolute atomic E-state index is 0.239. The van der Waals surface area contributed by atoms with Crippen molar-refractivity contribution >= 4 is 23.5 Å². The monoisotopic (exact) mass is 375 g/mol. The second kappa shape index (κ2) is 9.27. The summed E-state index contributed by atoms with van der Waals surface area (Å²) in [4.78, 5) is 33.0. The molecule has 0 aliphatic heterocycles. The van der Waals surface area contributed by atoms with Gasteiger partial charge in [0.15, 0.2) is 0 Å². The van der Waals surface area contributed by atoms with Gasteiger partial charge in [-0.15, -0.1) is 0 Å². The number of hydrogen-bond acceptors (Lipinski definition) is 5. The Morgan fingerprint density at radius 1 is 0.929 bits per heavy atom. The fourth-order valence-electron chi connectivity index (χ4n) is 2.67. The Morgan fingerprint density at radius 3 is 2.25 bits per heavy atom. The third-order valence-corrected chi connectivity index (χ3v) is 4.12. The van der Waals surface area contributed by atoms with E-state index in [9.17, 15) is 9.59 Å². The van der Waals surface area contributed by atoms with Gasteiger partial charge in [0.2, 0.25) is 11.9 Å². The Hall–Kier alpha value is -3.74. The molecule has 3 rings (SSSR count). The first kappa shape index (κ1) is 19.0. The third-order valence-electron chi connectivity index (χ3n) is 4.12. The normalized spacial score (nSPS) is 11.3. The number of aromatic nitrogens is 2. The van der Waals surface area contributed by atoms with Crippen LogP contribution in [0.1, 0.15) is 15.9 Å². The Morgan fingerprint density at radius 2 is 1.61 bits per heavy atom. The molecule has 2 aromatic carbocycles. The molecule has 3 aromatic rings. The number of anilines is 2. The van der Waals surface area contributed by atoms with Crippen LogP contribution in [-0.4, -0.2) is 34.9 Å². The van der Waals surface area contributed by atoms with E-state index in [1.165, 1.54) is 0 Å². The zero-order valence-electron chi connectivity index (χ0n) is 15.4. The highest BCUT2D eigenvalue weighted by atomic mass is 16.2. The fraction of sp³-hybridized carbons (Fsp3) is 0.143. The van der Waals surface area contributed by atoms with Crippen molar-refractivity contribution in [2.45, 2.75) is 12.5 Å². The number of hydrogen-bond donors (Lipinski definition) is 3. The summed E-state index contributed by atoms with van der Waals surface area (Å²) < 4.78 is 0. The van der Waals surface area contributed by atoms with E-state index in [0.29, 0.717) is 17.9 Å². The van der Waals surface area contributed by atoms with E-state index >= 15 is 0 Å². The molecule has 7 heteroatoms. The van der Waals surface area contributed by atoms with Crippen LogP contribution in [0.5, 0.6) is 0 Å². The van der Waals surface area contributed by atoms with Crippen LogP contribution in [0.15, 0.2) is 73.1 Å². The summed E-state index contributed by atoms with van der Waals surface area (Å²) in [5.74, 6) is -0.0778. The summed E-state index contributed by atoms with van der Waals surface area (Å²) in [5.41, 5.74) is 2.19. The quantitative estimate of drug-likeness (QED) is 0.589. The number of nitrogens with zero attached hydrogens (tertiary/aromatic N) is 2. The van der Waals surface area contributed by atoms with Gasteiger partial charge in [-0.25, -0.2) is 9.97 Å². The molecule has 0 saturated heterocycles. The van der Waals surface area contributed by atoms with Gasteiger partial charge < -0.3 is 16.0 Å². The van der Waals surface area contributed by atoms with Gasteiger partial charge in [-0.05, 0) is 35.9 Å². The second-order valence-corrected chi connectivity index (χ2v) is 6.10. The SMILES string of the molecule is CNC(=O)C(Cc1ccccc1)NC(=O)c1ccc(Nc2ncccn2)cc1. The van der Waals surface area contributed by atoms with Crippen LogP contribution in [0.25, 0.3) is 0 Å². The van der Waals surface area contributed by atoms with Crippen LogP contribution < -0.4 is 16.0 Å². The molecule has 2 amide bonds. The molecule has 3 N–H and O–H groups in total. The molecular weight excluding hydrogens is 354 g/mol. The number of carbonyl (C=O) groups is 2. The van der Waals surface area contributed by atoms with E-state index in [1.54, 1.807) is 49.8 Å². The molecule has 142 valence electrons. The lowest BCUT2D eigenvalue weighted by Gasteiger charge is -2.17. The molecule has 7 nitrogen and oxygen atoms in total. The number of carbonyl (C=O) groups excluding carboxylic acids is 2. The van der Waals surface area contributed by atoms with Gasteiger partial charge in [0.1, 0.15) is 6.04 Å². The molecule has 1 heterocycles. The van der Waals surface area contributed by atoms with E-state index < -0.39 is 6.04 Å². The van der Waals surface area contributed by atoms with Gasteiger partial charge in [0, 0.05) is 37.1 Å². The third kappa shape index (κ3) is 5.14.